The van der Waals surface area contributed by atoms with Gasteiger partial charge in [0.2, 0.25) is 21.8 Å². The average Bonchev–Trinajstić information content (AvgIpc) is 3.23. The number of carbonyl (C=O) groups is 3. The van der Waals surface area contributed by atoms with Crippen LogP contribution in [0.5, 0.6) is 0 Å². The minimum Gasteiger partial charge on any atom is -0.480 e. The number of nitrogens with zero attached hydrogens (tertiary/aromatic N) is 2. The normalized spacial score (nSPS) is 21.2. The van der Waals surface area contributed by atoms with E-state index in [0.29, 0.717) is 45.3 Å². The lowest BCUT2D eigenvalue weighted by molar-refractivity contribution is -0.151. The van der Waals surface area contributed by atoms with Gasteiger partial charge in [-0.2, -0.15) is 4.72 Å². The number of piperidine rings is 1. The molecule has 9 nitrogen and oxygen atoms in total. The predicted octanol–water partition coefficient (Wildman–Crippen LogP) is 0.976. The highest BCUT2D eigenvalue weighted by atomic mass is 32.2. The van der Waals surface area contributed by atoms with E-state index in [-0.39, 0.29) is 22.6 Å². The molecule has 3 rings (SSSR count). The molecular formula is C21H29N3O6S. The second-order valence-electron chi connectivity index (χ2n) is 8.28. The van der Waals surface area contributed by atoms with Crippen LogP contribution in [0.3, 0.4) is 0 Å². The van der Waals surface area contributed by atoms with Crippen LogP contribution >= 0.6 is 0 Å². The quantitative estimate of drug-likeness (QED) is 0.664. The van der Waals surface area contributed by atoms with Crippen molar-refractivity contribution in [2.45, 2.75) is 56.5 Å². The Labute approximate surface area is 182 Å². The van der Waals surface area contributed by atoms with Crippen LogP contribution in [0.4, 0.5) is 0 Å². The maximum atomic E-state index is 12.8. The van der Waals surface area contributed by atoms with Crippen LogP contribution in [0.25, 0.3) is 0 Å². The minimum atomic E-state index is -3.82. The van der Waals surface area contributed by atoms with Gasteiger partial charge < -0.3 is 14.9 Å². The minimum absolute atomic E-state index is 0.0978. The zero-order valence-electron chi connectivity index (χ0n) is 17.8. The molecule has 31 heavy (non-hydrogen) atoms. The third kappa shape index (κ3) is 5.24. The number of likely N-dealkylation sites (tertiary alicyclic amines) is 2. The van der Waals surface area contributed by atoms with Crippen molar-refractivity contribution >= 4 is 27.8 Å². The van der Waals surface area contributed by atoms with E-state index < -0.39 is 28.1 Å². The molecule has 2 atom stereocenters. The van der Waals surface area contributed by atoms with Crippen molar-refractivity contribution in [2.24, 2.45) is 5.92 Å². The Kier molecular flexibility index (Phi) is 7.00. The number of carboxylic acid groups (broad SMARTS) is 1. The van der Waals surface area contributed by atoms with Gasteiger partial charge in [-0.05, 0) is 51.7 Å². The molecule has 0 aliphatic carbocycles. The first-order valence-electron chi connectivity index (χ1n) is 10.5. The van der Waals surface area contributed by atoms with Crippen molar-refractivity contribution in [3.63, 3.8) is 0 Å². The fourth-order valence-electron chi connectivity index (χ4n) is 4.21. The Hall–Kier alpha value is -2.46. The lowest BCUT2D eigenvalue weighted by Gasteiger charge is -2.35. The fraction of sp³-hybridized carbons (Fsp3) is 0.571. The first-order chi connectivity index (χ1) is 14.6. The molecule has 0 unspecified atom stereocenters. The van der Waals surface area contributed by atoms with Crippen LogP contribution in [-0.4, -0.2) is 72.8 Å². The molecule has 2 heterocycles. The van der Waals surface area contributed by atoms with Crippen LogP contribution in [0, 0.1) is 12.8 Å². The number of nitrogens with one attached hydrogen (secondary N) is 1. The summed E-state index contributed by atoms with van der Waals surface area (Å²) in [5.74, 6) is -1.80. The highest BCUT2D eigenvalue weighted by Crippen LogP contribution is 2.26. The van der Waals surface area contributed by atoms with Crippen molar-refractivity contribution in [2.75, 3.05) is 19.6 Å². The van der Waals surface area contributed by atoms with Crippen LogP contribution in [0.15, 0.2) is 29.2 Å². The number of hydrogen-bond donors (Lipinski definition) is 2. The molecule has 0 radical (unpaired) electrons. The van der Waals surface area contributed by atoms with Gasteiger partial charge in [0.15, 0.2) is 0 Å². The second kappa shape index (κ2) is 9.35. The molecule has 2 aliphatic heterocycles. The largest absolute Gasteiger partial charge is 0.480 e. The number of carbonyl (C=O) groups excluding carboxylic acids is 2. The summed E-state index contributed by atoms with van der Waals surface area (Å²) < 4.78 is 27.5. The van der Waals surface area contributed by atoms with Gasteiger partial charge in [0.25, 0.3) is 0 Å². The zero-order chi connectivity index (χ0) is 22.8. The molecule has 2 amide bonds. The monoisotopic (exact) mass is 451 g/mol. The smallest absolute Gasteiger partial charge is 0.326 e. The van der Waals surface area contributed by atoms with Crippen molar-refractivity contribution < 1.29 is 27.9 Å². The lowest BCUT2D eigenvalue weighted by atomic mass is 9.94. The van der Waals surface area contributed by atoms with Gasteiger partial charge in [-0.3, -0.25) is 9.59 Å². The van der Waals surface area contributed by atoms with Crippen molar-refractivity contribution in [1.82, 2.24) is 14.5 Å². The van der Waals surface area contributed by atoms with Gasteiger partial charge in [-0.15, -0.1) is 0 Å². The van der Waals surface area contributed by atoms with E-state index in [1.54, 1.807) is 17.0 Å². The topological polar surface area (TPSA) is 124 Å². The van der Waals surface area contributed by atoms with Gasteiger partial charge in [0, 0.05) is 25.6 Å². The van der Waals surface area contributed by atoms with Crippen molar-refractivity contribution in [3.8, 4) is 0 Å². The van der Waals surface area contributed by atoms with E-state index in [1.807, 2.05) is 6.92 Å². The molecule has 0 aromatic heterocycles. The number of aliphatic carboxylic acids is 1. The van der Waals surface area contributed by atoms with Gasteiger partial charge >= 0.3 is 5.97 Å². The van der Waals surface area contributed by atoms with Gasteiger partial charge in [-0.1, -0.05) is 17.7 Å². The zero-order valence-corrected chi connectivity index (χ0v) is 18.6. The summed E-state index contributed by atoms with van der Waals surface area (Å²) in [6.07, 6.45) is 2.02. The summed E-state index contributed by atoms with van der Waals surface area (Å²) >= 11 is 0. The van der Waals surface area contributed by atoms with Gasteiger partial charge in [0.1, 0.15) is 6.04 Å². The number of amides is 2. The van der Waals surface area contributed by atoms with E-state index in [9.17, 15) is 27.9 Å². The Bertz CT molecular complexity index is 938. The lowest BCUT2D eigenvalue weighted by Crippen LogP contribution is -2.51. The first-order valence-corrected chi connectivity index (χ1v) is 12.0. The Morgan fingerprint density at radius 1 is 1.06 bits per heavy atom. The third-order valence-corrected chi connectivity index (χ3v) is 7.57. The Balaban J connectivity index is 1.55. The molecule has 1 aromatic carbocycles. The standard InChI is InChI=1S/C21H29N3O6S/c1-14-5-7-17(8-6-14)31(29,30)22-15(2)19(25)23-12-9-16(10-13-23)20(26)24-11-3-4-18(24)21(27)28/h5-8,15-16,18,22H,3-4,9-13H2,1-2H3,(H,27,28)/t15-,18-/m1/s1. The molecule has 2 saturated heterocycles. The predicted molar refractivity (Wildman–Crippen MR) is 113 cm³/mol. The molecule has 170 valence electrons. The maximum Gasteiger partial charge on any atom is 0.326 e. The Morgan fingerprint density at radius 2 is 1.68 bits per heavy atom. The molecule has 2 fully saturated rings. The number of rotatable bonds is 6. The molecule has 2 N–H and O–H groups in total. The highest BCUT2D eigenvalue weighted by Gasteiger charge is 2.39. The summed E-state index contributed by atoms with van der Waals surface area (Å²) in [5.41, 5.74) is 0.934. The first kappa shape index (κ1) is 23.2. The molecule has 1 aromatic rings. The summed E-state index contributed by atoms with van der Waals surface area (Å²) in [4.78, 5) is 40.0. The molecule has 0 saturated carbocycles. The van der Waals surface area contributed by atoms with E-state index in [0.717, 1.165) is 5.56 Å². The van der Waals surface area contributed by atoms with Gasteiger partial charge in [-0.25, -0.2) is 13.2 Å². The third-order valence-electron chi connectivity index (χ3n) is 6.01. The molecule has 0 spiro atoms. The van der Waals surface area contributed by atoms with Gasteiger partial charge in [0.05, 0.1) is 10.9 Å². The second-order valence-corrected chi connectivity index (χ2v) is 10.00. The van der Waals surface area contributed by atoms with E-state index >= 15 is 0 Å². The van der Waals surface area contributed by atoms with Crippen LogP contribution in [0.1, 0.15) is 38.2 Å². The molecule has 0 bridgehead atoms. The van der Waals surface area contributed by atoms with Crippen LogP contribution in [0.2, 0.25) is 0 Å². The fourth-order valence-corrected chi connectivity index (χ4v) is 5.41. The van der Waals surface area contributed by atoms with Crippen LogP contribution in [-0.2, 0) is 24.4 Å². The molecule has 2 aliphatic rings. The summed E-state index contributed by atoms with van der Waals surface area (Å²) in [6.45, 7) is 4.48. The van der Waals surface area contributed by atoms with Crippen molar-refractivity contribution in [3.05, 3.63) is 29.8 Å². The van der Waals surface area contributed by atoms with E-state index in [4.69, 9.17) is 0 Å². The number of carboxylic acids is 1. The highest BCUT2D eigenvalue weighted by molar-refractivity contribution is 7.89. The number of aryl methyl sites for hydroxylation is 1. The summed E-state index contributed by atoms with van der Waals surface area (Å²) in [6, 6.07) is 4.68. The SMILES string of the molecule is Cc1ccc(S(=O)(=O)N[C@H](C)C(=O)N2CCC(C(=O)N3CCC[C@@H]3C(=O)O)CC2)cc1. The molecular weight excluding hydrogens is 422 g/mol. The number of hydrogen-bond acceptors (Lipinski definition) is 5. The summed E-state index contributed by atoms with van der Waals surface area (Å²) in [5, 5.41) is 9.29. The number of benzene rings is 1. The number of sulfonamides is 1. The van der Waals surface area contributed by atoms with E-state index in [1.165, 1.54) is 24.0 Å². The van der Waals surface area contributed by atoms with E-state index in [2.05, 4.69) is 4.72 Å². The average molecular weight is 452 g/mol. The van der Waals surface area contributed by atoms with Crippen LogP contribution < -0.4 is 4.72 Å². The van der Waals surface area contributed by atoms with Crippen molar-refractivity contribution in [1.29, 1.82) is 0 Å². The Morgan fingerprint density at radius 3 is 2.26 bits per heavy atom. The molecule has 10 heteroatoms. The summed E-state index contributed by atoms with van der Waals surface area (Å²) in [7, 11) is -3.82. The maximum absolute atomic E-state index is 12.8.